The molecule has 2 aromatic carbocycles. The zero-order valence-corrected chi connectivity index (χ0v) is 16.9. The van der Waals surface area contributed by atoms with Crippen molar-refractivity contribution in [3.05, 3.63) is 40.8 Å². The average Bonchev–Trinajstić information content (AvgIpc) is 3.25. The van der Waals surface area contributed by atoms with E-state index in [2.05, 4.69) is 36.9 Å². The summed E-state index contributed by atoms with van der Waals surface area (Å²) in [5.41, 5.74) is 3.77. The van der Waals surface area contributed by atoms with Gasteiger partial charge in [0.25, 0.3) is 0 Å². The van der Waals surface area contributed by atoms with Gasteiger partial charge in [-0.1, -0.05) is 11.6 Å². The van der Waals surface area contributed by atoms with Crippen molar-refractivity contribution in [1.82, 2.24) is 25.3 Å². The quantitative estimate of drug-likeness (QED) is 0.477. The number of aryl methyl sites for hydroxylation is 2. The van der Waals surface area contributed by atoms with E-state index in [-0.39, 0.29) is 5.82 Å². The van der Waals surface area contributed by atoms with Crippen LogP contribution in [-0.2, 0) is 7.05 Å². The number of halogens is 2. The highest BCUT2D eigenvalue weighted by atomic mass is 35.5. The summed E-state index contributed by atoms with van der Waals surface area (Å²) in [6, 6.07) is 7.33. The molecule has 9 heteroatoms. The van der Waals surface area contributed by atoms with Crippen LogP contribution in [0.25, 0.3) is 21.8 Å². The number of benzene rings is 2. The molecule has 2 aromatic heterocycles. The Labute approximate surface area is 171 Å². The van der Waals surface area contributed by atoms with Crippen LogP contribution < -0.4 is 15.5 Å². The van der Waals surface area contributed by atoms with E-state index in [1.165, 1.54) is 6.07 Å². The molecule has 5 rings (SSSR count). The van der Waals surface area contributed by atoms with Crippen LogP contribution in [0.1, 0.15) is 5.69 Å². The summed E-state index contributed by atoms with van der Waals surface area (Å²) < 4.78 is 16.2. The fourth-order valence-corrected chi connectivity index (χ4v) is 4.18. The van der Waals surface area contributed by atoms with Crippen LogP contribution in [0.2, 0.25) is 5.02 Å². The number of H-pyrrole nitrogens is 1. The van der Waals surface area contributed by atoms with Crippen LogP contribution >= 0.6 is 11.6 Å². The van der Waals surface area contributed by atoms with Gasteiger partial charge in [0.1, 0.15) is 5.52 Å². The van der Waals surface area contributed by atoms with Gasteiger partial charge in [-0.2, -0.15) is 10.2 Å². The summed E-state index contributed by atoms with van der Waals surface area (Å²) in [6.45, 7) is 5.69. The molecule has 3 heterocycles. The summed E-state index contributed by atoms with van der Waals surface area (Å²) in [5.74, 6) is 0.192. The van der Waals surface area contributed by atoms with Gasteiger partial charge in [-0.25, -0.2) is 4.39 Å². The van der Waals surface area contributed by atoms with E-state index in [0.717, 1.165) is 53.8 Å². The number of nitrogens with one attached hydrogen (secondary N) is 3. The molecule has 0 spiro atoms. The average molecular weight is 414 g/mol. The third-order valence-electron chi connectivity index (χ3n) is 5.53. The molecule has 1 fully saturated rings. The van der Waals surface area contributed by atoms with Gasteiger partial charge < -0.3 is 15.5 Å². The molecular weight excluding hydrogens is 393 g/mol. The van der Waals surface area contributed by atoms with Gasteiger partial charge in [-0.05, 0) is 31.2 Å². The van der Waals surface area contributed by atoms with Crippen LogP contribution in [0.3, 0.4) is 0 Å². The van der Waals surface area contributed by atoms with Gasteiger partial charge in [0.2, 0.25) is 0 Å². The van der Waals surface area contributed by atoms with Crippen molar-refractivity contribution in [2.24, 2.45) is 7.05 Å². The molecule has 3 N–H and O–H groups in total. The Morgan fingerprint density at radius 3 is 2.76 bits per heavy atom. The molecule has 0 saturated carbocycles. The molecule has 0 radical (unpaired) electrons. The van der Waals surface area contributed by atoms with Crippen LogP contribution in [0.4, 0.5) is 21.6 Å². The molecular formula is C20H21ClFN7. The number of aromatic amines is 1. The maximum absolute atomic E-state index is 14.5. The Hall–Kier alpha value is -2.84. The second-order valence-corrected chi connectivity index (χ2v) is 7.75. The van der Waals surface area contributed by atoms with Crippen molar-refractivity contribution < 1.29 is 4.39 Å². The van der Waals surface area contributed by atoms with Crippen LogP contribution in [0, 0.1) is 12.7 Å². The molecule has 0 amide bonds. The Kier molecular flexibility index (Phi) is 4.33. The Morgan fingerprint density at radius 2 is 1.97 bits per heavy atom. The predicted octanol–water partition coefficient (Wildman–Crippen LogP) is 3.70. The van der Waals surface area contributed by atoms with Gasteiger partial charge in [0.15, 0.2) is 11.6 Å². The first-order valence-corrected chi connectivity index (χ1v) is 9.92. The molecule has 4 aromatic rings. The number of rotatable bonds is 3. The minimum Gasteiger partial charge on any atom is -0.369 e. The summed E-state index contributed by atoms with van der Waals surface area (Å²) in [6.07, 6.45) is 0. The number of anilines is 3. The van der Waals surface area contributed by atoms with E-state index in [1.54, 1.807) is 11.7 Å². The highest BCUT2D eigenvalue weighted by Crippen LogP contribution is 2.35. The molecule has 150 valence electrons. The molecule has 0 unspecified atom stereocenters. The Morgan fingerprint density at radius 1 is 1.17 bits per heavy atom. The van der Waals surface area contributed by atoms with E-state index in [0.29, 0.717) is 22.0 Å². The Bertz CT molecular complexity index is 1220. The first-order chi connectivity index (χ1) is 14.0. The largest absolute Gasteiger partial charge is 0.369 e. The van der Waals surface area contributed by atoms with Crippen LogP contribution in [0.5, 0.6) is 0 Å². The molecule has 0 atom stereocenters. The van der Waals surface area contributed by atoms with Crippen LogP contribution in [-0.4, -0.2) is 46.2 Å². The molecule has 0 aliphatic carbocycles. The smallest absolute Gasteiger partial charge is 0.161 e. The van der Waals surface area contributed by atoms with Crippen molar-refractivity contribution >= 4 is 50.6 Å². The van der Waals surface area contributed by atoms with Crippen molar-refractivity contribution in [1.29, 1.82) is 0 Å². The van der Waals surface area contributed by atoms with Crippen molar-refractivity contribution in [3.63, 3.8) is 0 Å². The lowest BCUT2D eigenvalue weighted by Crippen LogP contribution is -2.43. The Balaban J connectivity index is 1.52. The summed E-state index contributed by atoms with van der Waals surface area (Å²) in [5, 5.41) is 20.4. The van der Waals surface area contributed by atoms with Gasteiger partial charge in [0.05, 0.1) is 15.9 Å². The fourth-order valence-electron chi connectivity index (χ4n) is 3.87. The maximum Gasteiger partial charge on any atom is 0.161 e. The summed E-state index contributed by atoms with van der Waals surface area (Å²) >= 11 is 6.62. The number of nitrogens with zero attached hydrogens (tertiary/aromatic N) is 4. The molecule has 1 saturated heterocycles. The van der Waals surface area contributed by atoms with Crippen molar-refractivity contribution in [2.75, 3.05) is 36.4 Å². The number of hydrogen-bond acceptors (Lipinski definition) is 5. The van der Waals surface area contributed by atoms with Crippen LogP contribution in [0.15, 0.2) is 24.3 Å². The first kappa shape index (κ1) is 18.2. The number of fused-ring (bicyclic) bond motifs is 2. The topological polar surface area (TPSA) is 73.8 Å². The van der Waals surface area contributed by atoms with Gasteiger partial charge in [-0.3, -0.25) is 9.78 Å². The van der Waals surface area contributed by atoms with E-state index >= 15 is 0 Å². The minimum atomic E-state index is -0.374. The standard InChI is InChI=1S/C20H21ClFN7/c1-11-14-7-12(8-16(22)19(14)27-28(11)2)24-20-18-15(21)9-13(10-17(18)25-26-20)29-5-3-23-4-6-29/h7-10,23H,3-6H2,1-2H3,(H2,24,25,26). The minimum absolute atomic E-state index is 0.362. The fraction of sp³-hybridized carbons (Fsp3) is 0.300. The normalized spacial score (nSPS) is 14.8. The van der Waals surface area contributed by atoms with Crippen molar-refractivity contribution in [2.45, 2.75) is 6.92 Å². The zero-order chi connectivity index (χ0) is 20.1. The van der Waals surface area contributed by atoms with E-state index in [9.17, 15) is 4.39 Å². The van der Waals surface area contributed by atoms with Gasteiger partial charge in [0, 0.05) is 55.7 Å². The van der Waals surface area contributed by atoms with E-state index in [4.69, 9.17) is 11.6 Å². The molecule has 7 nitrogen and oxygen atoms in total. The summed E-state index contributed by atoms with van der Waals surface area (Å²) in [7, 11) is 1.80. The monoisotopic (exact) mass is 413 g/mol. The SMILES string of the molecule is Cc1c2cc(Nc3n[nH]c4cc(N5CCNCC5)cc(Cl)c34)cc(F)c2nn1C. The number of hydrogen-bond donors (Lipinski definition) is 3. The third-order valence-corrected chi connectivity index (χ3v) is 5.83. The zero-order valence-electron chi connectivity index (χ0n) is 16.2. The lowest BCUT2D eigenvalue weighted by atomic mass is 10.1. The molecule has 29 heavy (non-hydrogen) atoms. The lowest BCUT2D eigenvalue weighted by Gasteiger charge is -2.29. The summed E-state index contributed by atoms with van der Waals surface area (Å²) in [4.78, 5) is 2.30. The highest BCUT2D eigenvalue weighted by molar-refractivity contribution is 6.36. The molecule has 1 aliphatic rings. The molecule has 0 bridgehead atoms. The van der Waals surface area contributed by atoms with E-state index < -0.39 is 0 Å². The maximum atomic E-state index is 14.5. The van der Waals surface area contributed by atoms with Gasteiger partial charge in [-0.15, -0.1) is 0 Å². The predicted molar refractivity (Wildman–Crippen MR) is 115 cm³/mol. The van der Waals surface area contributed by atoms with Crippen molar-refractivity contribution in [3.8, 4) is 0 Å². The number of piperazine rings is 1. The second-order valence-electron chi connectivity index (χ2n) is 7.35. The molecule has 1 aliphatic heterocycles. The first-order valence-electron chi connectivity index (χ1n) is 9.54. The second kappa shape index (κ2) is 6.89. The third kappa shape index (κ3) is 3.08. The lowest BCUT2D eigenvalue weighted by molar-refractivity contribution is 0.589. The van der Waals surface area contributed by atoms with E-state index in [1.807, 2.05) is 19.1 Å². The highest BCUT2D eigenvalue weighted by Gasteiger charge is 2.17. The van der Waals surface area contributed by atoms with Gasteiger partial charge >= 0.3 is 0 Å². The number of aromatic nitrogens is 4.